The highest BCUT2D eigenvalue weighted by atomic mass is 15.2. The van der Waals surface area contributed by atoms with Crippen LogP contribution < -0.4 is 11.1 Å². The molecule has 21 heavy (non-hydrogen) atoms. The first kappa shape index (κ1) is 12.6. The highest BCUT2D eigenvalue weighted by Gasteiger charge is 2.55. The van der Waals surface area contributed by atoms with Crippen LogP contribution in [0.3, 0.4) is 0 Å². The summed E-state index contributed by atoms with van der Waals surface area (Å²) < 4.78 is 0. The number of piperidine rings is 1. The molecule has 3 N–H and O–H groups in total. The van der Waals surface area contributed by atoms with Gasteiger partial charge < -0.3 is 11.1 Å². The Kier molecular flexibility index (Phi) is 3.00. The van der Waals surface area contributed by atoms with Crippen LogP contribution in [-0.4, -0.2) is 34.0 Å². The minimum Gasteiger partial charge on any atom is -0.382 e. The molecule has 2 unspecified atom stereocenters. The number of aromatic nitrogens is 2. The number of nitrogens with one attached hydrogen (secondary N) is 1. The van der Waals surface area contributed by atoms with E-state index in [1.165, 1.54) is 5.56 Å². The molecule has 1 saturated carbocycles. The lowest BCUT2D eigenvalue weighted by atomic mass is 10.2. The van der Waals surface area contributed by atoms with Gasteiger partial charge in [0.2, 0.25) is 0 Å². The normalized spacial score (nSPS) is 27.3. The number of anilines is 2. The minimum absolute atomic E-state index is 0.469. The average Bonchev–Trinajstić information content (AvgIpc) is 2.94. The molecule has 1 saturated heterocycles. The van der Waals surface area contributed by atoms with Crippen LogP contribution >= 0.6 is 0 Å². The quantitative estimate of drug-likeness (QED) is 0.891. The van der Waals surface area contributed by atoms with E-state index in [-0.39, 0.29) is 0 Å². The zero-order valence-corrected chi connectivity index (χ0v) is 11.8. The van der Waals surface area contributed by atoms with Gasteiger partial charge in [0.25, 0.3) is 0 Å². The fourth-order valence-electron chi connectivity index (χ4n) is 3.42. The van der Waals surface area contributed by atoms with Crippen LogP contribution in [-0.2, 0) is 6.54 Å². The lowest BCUT2D eigenvalue weighted by molar-refractivity contribution is 0.292. The maximum absolute atomic E-state index is 5.66. The summed E-state index contributed by atoms with van der Waals surface area (Å²) in [6.07, 6.45) is 3.31. The van der Waals surface area contributed by atoms with Gasteiger partial charge in [-0.25, -0.2) is 4.98 Å². The summed E-state index contributed by atoms with van der Waals surface area (Å²) in [5.41, 5.74) is 7.05. The third kappa shape index (κ3) is 2.56. The van der Waals surface area contributed by atoms with E-state index in [1.54, 1.807) is 12.4 Å². The number of fused-ring (bicyclic) bond motifs is 1. The first-order valence-electron chi connectivity index (χ1n) is 7.40. The Morgan fingerprint density at radius 2 is 1.90 bits per heavy atom. The van der Waals surface area contributed by atoms with Crippen molar-refractivity contribution < 1.29 is 0 Å². The molecule has 1 aromatic carbocycles. The summed E-state index contributed by atoms with van der Waals surface area (Å²) in [6.45, 7) is 3.37. The van der Waals surface area contributed by atoms with E-state index in [0.717, 1.165) is 37.3 Å². The molecule has 2 atom stereocenters. The lowest BCUT2D eigenvalue weighted by Crippen LogP contribution is -2.27. The molecule has 2 aliphatic rings. The zero-order valence-electron chi connectivity index (χ0n) is 11.8. The van der Waals surface area contributed by atoms with Crippen molar-refractivity contribution in [2.75, 3.05) is 24.1 Å². The molecule has 0 spiro atoms. The second-order valence-electron chi connectivity index (χ2n) is 6.01. The molecule has 108 valence electrons. The molecular formula is C16H19N5. The molecule has 0 bridgehead atoms. The summed E-state index contributed by atoms with van der Waals surface area (Å²) >= 11 is 0. The van der Waals surface area contributed by atoms with Crippen molar-refractivity contribution in [1.29, 1.82) is 0 Å². The number of benzene rings is 1. The van der Waals surface area contributed by atoms with Gasteiger partial charge in [0.15, 0.2) is 0 Å². The standard InChI is InChI=1S/C16H19N5/c17-14-6-18-7-15(19-14)20-16-12-9-21(10-13(12)16)8-11-4-2-1-3-5-11/h1-7,12-13,16H,8-10H2,(H3,17,19,20). The summed E-state index contributed by atoms with van der Waals surface area (Å²) in [6, 6.07) is 11.2. The molecule has 2 aromatic rings. The third-order valence-electron chi connectivity index (χ3n) is 4.49. The van der Waals surface area contributed by atoms with Crippen LogP contribution in [0.25, 0.3) is 0 Å². The number of hydrogen-bond acceptors (Lipinski definition) is 5. The summed E-state index contributed by atoms with van der Waals surface area (Å²) in [4.78, 5) is 10.9. The van der Waals surface area contributed by atoms with Gasteiger partial charge in [-0.2, -0.15) is 0 Å². The number of likely N-dealkylation sites (tertiary alicyclic amines) is 1. The monoisotopic (exact) mass is 281 g/mol. The van der Waals surface area contributed by atoms with E-state index < -0.39 is 0 Å². The van der Waals surface area contributed by atoms with Gasteiger partial charge in [-0.15, -0.1) is 0 Å². The highest BCUT2D eigenvalue weighted by molar-refractivity contribution is 5.42. The van der Waals surface area contributed by atoms with Crippen molar-refractivity contribution >= 4 is 11.6 Å². The van der Waals surface area contributed by atoms with Crippen molar-refractivity contribution in [2.24, 2.45) is 11.8 Å². The van der Waals surface area contributed by atoms with Gasteiger partial charge in [0.05, 0.1) is 12.4 Å². The molecule has 0 radical (unpaired) electrons. The zero-order chi connectivity index (χ0) is 14.2. The van der Waals surface area contributed by atoms with Gasteiger partial charge >= 0.3 is 0 Å². The molecule has 4 rings (SSSR count). The summed E-state index contributed by atoms with van der Waals surface area (Å²) in [5.74, 6) is 2.73. The number of hydrogen-bond donors (Lipinski definition) is 2. The molecule has 1 aromatic heterocycles. The van der Waals surface area contributed by atoms with E-state index >= 15 is 0 Å². The van der Waals surface area contributed by atoms with E-state index in [4.69, 9.17) is 5.73 Å². The van der Waals surface area contributed by atoms with Crippen LogP contribution in [0.2, 0.25) is 0 Å². The lowest BCUT2D eigenvalue weighted by Gasteiger charge is -2.20. The first-order valence-corrected chi connectivity index (χ1v) is 7.40. The topological polar surface area (TPSA) is 67.1 Å². The van der Waals surface area contributed by atoms with E-state index in [1.807, 2.05) is 0 Å². The van der Waals surface area contributed by atoms with E-state index in [0.29, 0.717) is 11.9 Å². The highest BCUT2D eigenvalue weighted by Crippen LogP contribution is 2.47. The van der Waals surface area contributed by atoms with Gasteiger partial charge in [-0.05, 0) is 17.4 Å². The number of nitrogens with two attached hydrogens (primary N) is 1. The first-order chi connectivity index (χ1) is 10.3. The Balaban J connectivity index is 1.31. The Hall–Kier alpha value is -2.14. The predicted molar refractivity (Wildman–Crippen MR) is 82.6 cm³/mol. The summed E-state index contributed by atoms with van der Waals surface area (Å²) in [5, 5.41) is 3.46. The van der Waals surface area contributed by atoms with Crippen molar-refractivity contribution in [3.05, 3.63) is 48.3 Å². The van der Waals surface area contributed by atoms with Crippen molar-refractivity contribution in [3.8, 4) is 0 Å². The largest absolute Gasteiger partial charge is 0.382 e. The van der Waals surface area contributed by atoms with E-state index in [9.17, 15) is 0 Å². The van der Waals surface area contributed by atoms with Gasteiger partial charge in [-0.3, -0.25) is 9.88 Å². The van der Waals surface area contributed by atoms with Crippen molar-refractivity contribution in [2.45, 2.75) is 12.6 Å². The Morgan fingerprint density at radius 3 is 2.62 bits per heavy atom. The Labute approximate surface area is 124 Å². The van der Waals surface area contributed by atoms with Crippen LogP contribution in [0.5, 0.6) is 0 Å². The van der Waals surface area contributed by atoms with Crippen molar-refractivity contribution in [1.82, 2.24) is 14.9 Å². The molecule has 0 amide bonds. The Bertz CT molecular complexity index is 618. The molecular weight excluding hydrogens is 262 g/mol. The maximum Gasteiger partial charge on any atom is 0.147 e. The Morgan fingerprint density at radius 1 is 1.14 bits per heavy atom. The van der Waals surface area contributed by atoms with Crippen LogP contribution in [0.1, 0.15) is 5.56 Å². The second kappa shape index (κ2) is 5.00. The van der Waals surface area contributed by atoms with Crippen LogP contribution in [0.15, 0.2) is 42.7 Å². The predicted octanol–water partition coefficient (Wildman–Crippen LogP) is 1.60. The smallest absolute Gasteiger partial charge is 0.147 e. The number of nitrogen functional groups attached to an aromatic ring is 1. The average molecular weight is 281 g/mol. The molecule has 2 heterocycles. The molecule has 1 aliphatic carbocycles. The van der Waals surface area contributed by atoms with E-state index in [2.05, 4.69) is 50.5 Å². The van der Waals surface area contributed by atoms with Gasteiger partial charge in [0, 0.05) is 25.7 Å². The molecule has 2 fully saturated rings. The molecule has 1 aliphatic heterocycles. The van der Waals surface area contributed by atoms with Crippen LogP contribution in [0, 0.1) is 11.8 Å². The fourth-order valence-corrected chi connectivity index (χ4v) is 3.42. The molecule has 5 heteroatoms. The minimum atomic E-state index is 0.469. The number of rotatable bonds is 4. The SMILES string of the molecule is Nc1cncc(NC2C3CN(Cc4ccccc4)CC32)n1. The van der Waals surface area contributed by atoms with Crippen molar-refractivity contribution in [3.63, 3.8) is 0 Å². The van der Waals surface area contributed by atoms with Gasteiger partial charge in [0.1, 0.15) is 11.6 Å². The third-order valence-corrected chi connectivity index (χ3v) is 4.49. The second-order valence-corrected chi connectivity index (χ2v) is 6.01. The summed E-state index contributed by atoms with van der Waals surface area (Å²) in [7, 11) is 0. The van der Waals surface area contributed by atoms with Crippen LogP contribution in [0.4, 0.5) is 11.6 Å². The van der Waals surface area contributed by atoms with Gasteiger partial charge in [-0.1, -0.05) is 30.3 Å². The number of nitrogens with zero attached hydrogens (tertiary/aromatic N) is 3. The fraction of sp³-hybridized carbons (Fsp3) is 0.375. The molecule has 5 nitrogen and oxygen atoms in total. The maximum atomic E-state index is 5.66.